The van der Waals surface area contributed by atoms with E-state index in [1.807, 2.05) is 12.1 Å². The Morgan fingerprint density at radius 3 is 2.69 bits per heavy atom. The summed E-state index contributed by atoms with van der Waals surface area (Å²) in [6.07, 6.45) is 6.77. The van der Waals surface area contributed by atoms with Gasteiger partial charge in [-0.05, 0) is 55.2 Å². The van der Waals surface area contributed by atoms with E-state index in [2.05, 4.69) is 14.9 Å². The van der Waals surface area contributed by atoms with Gasteiger partial charge in [-0.1, -0.05) is 12.1 Å². The SMILES string of the molecule is COc1ccnc(OC)c1C1CCCC(C=O)N1Cc1ccc(F)c(-c2ccccn2)c1. The van der Waals surface area contributed by atoms with Gasteiger partial charge < -0.3 is 14.3 Å². The Kier molecular flexibility index (Phi) is 6.75. The van der Waals surface area contributed by atoms with E-state index in [4.69, 9.17) is 9.47 Å². The summed E-state index contributed by atoms with van der Waals surface area (Å²) in [6, 6.07) is 11.8. The molecule has 0 saturated carbocycles. The molecule has 0 amide bonds. The first-order valence-electron chi connectivity index (χ1n) is 10.6. The number of aldehydes is 1. The van der Waals surface area contributed by atoms with Gasteiger partial charge >= 0.3 is 0 Å². The number of nitrogens with zero attached hydrogens (tertiary/aromatic N) is 3. The van der Waals surface area contributed by atoms with Crippen molar-refractivity contribution in [3.05, 3.63) is 71.8 Å². The van der Waals surface area contributed by atoms with Gasteiger partial charge in [-0.3, -0.25) is 9.88 Å². The van der Waals surface area contributed by atoms with E-state index in [0.29, 0.717) is 29.4 Å². The zero-order chi connectivity index (χ0) is 22.5. The molecule has 1 aliphatic rings. The lowest BCUT2D eigenvalue weighted by Crippen LogP contribution is -2.42. The first kappa shape index (κ1) is 21.9. The number of hydrogen-bond donors (Lipinski definition) is 0. The zero-order valence-corrected chi connectivity index (χ0v) is 18.2. The van der Waals surface area contributed by atoms with Crippen LogP contribution in [0.4, 0.5) is 4.39 Å². The van der Waals surface area contributed by atoms with Crippen molar-refractivity contribution in [3.63, 3.8) is 0 Å². The maximum Gasteiger partial charge on any atom is 0.221 e. The van der Waals surface area contributed by atoms with Gasteiger partial charge in [0.25, 0.3) is 0 Å². The molecule has 0 aliphatic carbocycles. The third kappa shape index (κ3) is 4.34. The number of methoxy groups -OCH3 is 2. The van der Waals surface area contributed by atoms with E-state index in [9.17, 15) is 9.18 Å². The number of carbonyl (C=O) groups excluding carboxylic acids is 1. The van der Waals surface area contributed by atoms with Crippen molar-refractivity contribution in [1.29, 1.82) is 0 Å². The molecule has 2 atom stereocenters. The molecular formula is C25H26FN3O3. The van der Waals surface area contributed by atoms with Crippen molar-refractivity contribution in [2.24, 2.45) is 0 Å². The van der Waals surface area contributed by atoms with Gasteiger partial charge in [0.1, 0.15) is 17.9 Å². The smallest absolute Gasteiger partial charge is 0.221 e. The van der Waals surface area contributed by atoms with Crippen molar-refractivity contribution < 1.29 is 18.7 Å². The second-order valence-corrected chi connectivity index (χ2v) is 7.79. The van der Waals surface area contributed by atoms with Gasteiger partial charge in [0.05, 0.1) is 31.5 Å². The first-order valence-corrected chi connectivity index (χ1v) is 10.6. The minimum absolute atomic E-state index is 0.124. The Bertz CT molecular complexity index is 1060. The molecular weight excluding hydrogens is 409 g/mol. The highest BCUT2D eigenvalue weighted by atomic mass is 19.1. The minimum Gasteiger partial charge on any atom is -0.496 e. The second-order valence-electron chi connectivity index (χ2n) is 7.79. The zero-order valence-electron chi connectivity index (χ0n) is 18.2. The number of rotatable bonds is 7. The molecule has 166 valence electrons. The molecule has 2 unspecified atom stereocenters. The van der Waals surface area contributed by atoms with E-state index in [1.165, 1.54) is 6.07 Å². The first-order chi connectivity index (χ1) is 15.7. The van der Waals surface area contributed by atoms with Crippen LogP contribution in [0.5, 0.6) is 11.6 Å². The molecule has 32 heavy (non-hydrogen) atoms. The molecule has 4 rings (SSSR count). The predicted molar refractivity (Wildman–Crippen MR) is 119 cm³/mol. The fraction of sp³-hybridized carbons (Fsp3) is 0.320. The maximum atomic E-state index is 14.6. The van der Waals surface area contributed by atoms with Gasteiger partial charge in [0.2, 0.25) is 5.88 Å². The average Bonchev–Trinajstić information content (AvgIpc) is 2.85. The predicted octanol–water partition coefficient (Wildman–Crippen LogP) is 4.59. The lowest BCUT2D eigenvalue weighted by atomic mass is 9.90. The van der Waals surface area contributed by atoms with Crippen molar-refractivity contribution in [3.8, 4) is 22.9 Å². The largest absolute Gasteiger partial charge is 0.496 e. The van der Waals surface area contributed by atoms with Gasteiger partial charge in [-0.25, -0.2) is 9.37 Å². The number of benzene rings is 1. The van der Waals surface area contributed by atoms with Crippen molar-refractivity contribution in [2.75, 3.05) is 14.2 Å². The van der Waals surface area contributed by atoms with Crippen LogP contribution in [0, 0.1) is 5.82 Å². The molecule has 0 spiro atoms. The number of piperidine rings is 1. The lowest BCUT2D eigenvalue weighted by Gasteiger charge is -2.40. The average molecular weight is 435 g/mol. The van der Waals surface area contributed by atoms with Crippen molar-refractivity contribution in [2.45, 2.75) is 37.9 Å². The van der Waals surface area contributed by atoms with Crippen molar-refractivity contribution in [1.82, 2.24) is 14.9 Å². The summed E-state index contributed by atoms with van der Waals surface area (Å²) in [5, 5.41) is 0. The molecule has 3 heterocycles. The summed E-state index contributed by atoms with van der Waals surface area (Å²) >= 11 is 0. The highest BCUT2D eigenvalue weighted by molar-refractivity contribution is 5.61. The molecule has 1 fully saturated rings. The van der Waals surface area contributed by atoms with Crippen LogP contribution in [0.2, 0.25) is 0 Å². The summed E-state index contributed by atoms with van der Waals surface area (Å²) < 4.78 is 25.7. The van der Waals surface area contributed by atoms with Crippen molar-refractivity contribution >= 4 is 6.29 Å². The standard InChI is InChI=1S/C25H26FN3O3/c1-31-23-11-13-28-25(32-2)24(23)22-8-5-6-18(16-30)29(22)15-17-9-10-20(26)19(14-17)21-7-3-4-12-27-21/h3-4,7,9-14,16,18,22H,5-6,8,15H2,1-2H3. The second kappa shape index (κ2) is 9.87. The van der Waals surface area contributed by atoms with Crippen LogP contribution in [-0.4, -0.2) is 41.4 Å². The van der Waals surface area contributed by atoms with Crippen LogP contribution >= 0.6 is 0 Å². The molecule has 1 saturated heterocycles. The van der Waals surface area contributed by atoms with Gasteiger partial charge in [-0.15, -0.1) is 0 Å². The Hall–Kier alpha value is -3.32. The van der Waals surface area contributed by atoms with E-state index in [0.717, 1.165) is 36.7 Å². The van der Waals surface area contributed by atoms with Crippen LogP contribution in [0.3, 0.4) is 0 Å². The van der Waals surface area contributed by atoms with Crippen LogP contribution in [-0.2, 0) is 11.3 Å². The Morgan fingerprint density at radius 1 is 1.09 bits per heavy atom. The number of halogens is 1. The highest BCUT2D eigenvalue weighted by Gasteiger charge is 2.35. The van der Waals surface area contributed by atoms with Crippen LogP contribution in [0.1, 0.15) is 36.4 Å². The quantitative estimate of drug-likeness (QED) is 0.506. The van der Waals surface area contributed by atoms with Gasteiger partial charge in [0, 0.05) is 30.5 Å². The Morgan fingerprint density at radius 2 is 1.97 bits per heavy atom. The summed E-state index contributed by atoms with van der Waals surface area (Å²) in [7, 11) is 3.19. The molecule has 7 heteroatoms. The van der Waals surface area contributed by atoms with E-state index < -0.39 is 0 Å². The Balaban J connectivity index is 1.73. The molecule has 2 aromatic heterocycles. The highest BCUT2D eigenvalue weighted by Crippen LogP contribution is 2.43. The molecule has 6 nitrogen and oxygen atoms in total. The van der Waals surface area contributed by atoms with Crippen LogP contribution in [0.15, 0.2) is 54.9 Å². The van der Waals surface area contributed by atoms with Gasteiger partial charge in [-0.2, -0.15) is 0 Å². The molecule has 3 aromatic rings. The minimum atomic E-state index is -0.329. The van der Waals surface area contributed by atoms with E-state index >= 15 is 0 Å². The normalized spacial score (nSPS) is 18.8. The summed E-state index contributed by atoms with van der Waals surface area (Å²) in [6.45, 7) is 0.468. The number of pyridine rings is 2. The summed E-state index contributed by atoms with van der Waals surface area (Å²) in [5.41, 5.74) is 2.74. The molecule has 1 aliphatic heterocycles. The molecule has 1 aromatic carbocycles. The molecule has 0 bridgehead atoms. The number of carbonyl (C=O) groups is 1. The lowest BCUT2D eigenvalue weighted by molar-refractivity contribution is -0.115. The topological polar surface area (TPSA) is 64.6 Å². The monoisotopic (exact) mass is 435 g/mol. The van der Waals surface area contributed by atoms with Crippen LogP contribution in [0.25, 0.3) is 11.3 Å². The maximum absolute atomic E-state index is 14.6. The summed E-state index contributed by atoms with van der Waals surface area (Å²) in [4.78, 5) is 22.8. The third-order valence-electron chi connectivity index (χ3n) is 5.96. The summed E-state index contributed by atoms with van der Waals surface area (Å²) in [5.74, 6) is 0.830. The Labute approximate surface area is 187 Å². The molecule has 0 radical (unpaired) electrons. The fourth-order valence-corrected chi connectivity index (χ4v) is 4.45. The van der Waals surface area contributed by atoms with E-state index in [1.54, 1.807) is 50.9 Å². The van der Waals surface area contributed by atoms with Gasteiger partial charge in [0.15, 0.2) is 0 Å². The molecule has 0 N–H and O–H groups in total. The number of aromatic nitrogens is 2. The number of ether oxygens (including phenoxy) is 2. The number of likely N-dealkylation sites (tertiary alicyclic amines) is 1. The number of hydrogen-bond acceptors (Lipinski definition) is 6. The van der Waals surface area contributed by atoms with Crippen LogP contribution < -0.4 is 9.47 Å². The van der Waals surface area contributed by atoms with E-state index in [-0.39, 0.29) is 17.9 Å². The third-order valence-corrected chi connectivity index (χ3v) is 5.96. The fourth-order valence-electron chi connectivity index (χ4n) is 4.45.